The van der Waals surface area contributed by atoms with Gasteiger partial charge >= 0.3 is 12.2 Å². The molecule has 1 fully saturated rings. The Morgan fingerprint density at radius 2 is 2.11 bits per heavy atom. The lowest BCUT2D eigenvalue weighted by Gasteiger charge is -2.18. The van der Waals surface area contributed by atoms with Crippen molar-refractivity contribution < 1.29 is 18.0 Å². The first-order chi connectivity index (χ1) is 8.43. The van der Waals surface area contributed by atoms with Gasteiger partial charge in [0.15, 0.2) is 0 Å². The Kier molecular flexibility index (Phi) is 3.16. The van der Waals surface area contributed by atoms with Gasteiger partial charge in [-0.15, -0.1) is 0 Å². The van der Waals surface area contributed by atoms with Gasteiger partial charge in [-0.05, 0) is 17.7 Å². The maximum Gasteiger partial charge on any atom is 0.416 e. The molecule has 98 valence electrons. The summed E-state index contributed by atoms with van der Waals surface area (Å²) in [6.45, 7) is 0.595. The van der Waals surface area contributed by atoms with E-state index < -0.39 is 11.7 Å². The summed E-state index contributed by atoms with van der Waals surface area (Å²) in [7, 11) is 0. The van der Waals surface area contributed by atoms with E-state index in [2.05, 4.69) is 5.32 Å². The van der Waals surface area contributed by atoms with E-state index in [-0.39, 0.29) is 23.8 Å². The van der Waals surface area contributed by atoms with Crippen LogP contribution in [0.1, 0.15) is 11.1 Å². The minimum absolute atomic E-state index is 0.0193. The summed E-state index contributed by atoms with van der Waals surface area (Å²) in [5.41, 5.74) is 4.75. The Bertz CT molecular complexity index is 473. The van der Waals surface area contributed by atoms with Gasteiger partial charge in [0.2, 0.25) is 0 Å². The number of alkyl halides is 3. The Balaban J connectivity index is 2.43. The molecule has 1 aliphatic rings. The molecular formula is C11H12F3N3O. The average Bonchev–Trinajstić information content (AvgIpc) is 2.73. The molecule has 0 saturated carbocycles. The molecule has 4 nitrogen and oxygen atoms in total. The van der Waals surface area contributed by atoms with Crippen molar-refractivity contribution >= 4 is 11.7 Å². The third-order valence-corrected chi connectivity index (χ3v) is 2.79. The monoisotopic (exact) mass is 259 g/mol. The fourth-order valence-electron chi connectivity index (χ4n) is 1.89. The van der Waals surface area contributed by atoms with Gasteiger partial charge in [0, 0.05) is 25.3 Å². The number of nitrogens with zero attached hydrogens (tertiary/aromatic N) is 1. The number of carbonyl (C=O) groups excluding carboxylic acids is 1. The van der Waals surface area contributed by atoms with E-state index in [1.165, 1.54) is 17.0 Å². The fourth-order valence-corrected chi connectivity index (χ4v) is 1.89. The van der Waals surface area contributed by atoms with Crippen LogP contribution in [0.25, 0.3) is 0 Å². The van der Waals surface area contributed by atoms with Gasteiger partial charge in [-0.3, -0.25) is 4.90 Å². The summed E-state index contributed by atoms with van der Waals surface area (Å²) >= 11 is 0. The van der Waals surface area contributed by atoms with E-state index in [4.69, 9.17) is 5.73 Å². The lowest BCUT2D eigenvalue weighted by atomic mass is 10.1. The number of urea groups is 1. The number of carbonyl (C=O) groups is 1. The molecule has 2 rings (SSSR count). The maximum absolute atomic E-state index is 12.8. The molecule has 1 aromatic rings. The topological polar surface area (TPSA) is 58.4 Å². The van der Waals surface area contributed by atoms with Crippen molar-refractivity contribution in [2.45, 2.75) is 12.7 Å². The number of hydrogen-bond acceptors (Lipinski definition) is 2. The van der Waals surface area contributed by atoms with E-state index in [0.29, 0.717) is 13.1 Å². The van der Waals surface area contributed by atoms with Gasteiger partial charge in [-0.1, -0.05) is 6.07 Å². The Morgan fingerprint density at radius 1 is 1.39 bits per heavy atom. The Labute approximate surface area is 102 Å². The first-order valence-corrected chi connectivity index (χ1v) is 5.39. The molecule has 0 atom stereocenters. The number of rotatable bonds is 2. The zero-order valence-electron chi connectivity index (χ0n) is 9.42. The summed E-state index contributed by atoms with van der Waals surface area (Å²) in [5, 5.41) is 2.54. The number of amides is 2. The third kappa shape index (κ3) is 2.26. The molecule has 1 aliphatic heterocycles. The minimum atomic E-state index is -4.47. The molecule has 2 amide bonds. The van der Waals surface area contributed by atoms with Crippen LogP contribution in [0.3, 0.4) is 0 Å². The summed E-state index contributed by atoms with van der Waals surface area (Å²) in [6, 6.07) is 3.36. The minimum Gasteiger partial charge on any atom is -0.336 e. The highest BCUT2D eigenvalue weighted by molar-refractivity contribution is 5.94. The first-order valence-electron chi connectivity index (χ1n) is 5.39. The van der Waals surface area contributed by atoms with Crippen molar-refractivity contribution in [3.05, 3.63) is 29.3 Å². The van der Waals surface area contributed by atoms with Crippen molar-refractivity contribution in [2.75, 3.05) is 18.0 Å². The van der Waals surface area contributed by atoms with Crippen LogP contribution in [0.4, 0.5) is 23.7 Å². The molecule has 1 aromatic carbocycles. The molecular weight excluding hydrogens is 247 g/mol. The molecule has 1 heterocycles. The van der Waals surface area contributed by atoms with Gasteiger partial charge < -0.3 is 11.1 Å². The molecule has 18 heavy (non-hydrogen) atoms. The second-order valence-corrected chi connectivity index (χ2v) is 3.93. The van der Waals surface area contributed by atoms with Crippen LogP contribution in [-0.4, -0.2) is 19.1 Å². The largest absolute Gasteiger partial charge is 0.416 e. The standard InChI is InChI=1S/C11H12F3N3O/c12-11(13,14)9-5-8(2-1-7(9)6-15)17-4-3-16-10(17)18/h1-2,5H,3-4,6,15H2,(H,16,18). The molecule has 0 bridgehead atoms. The van der Waals surface area contributed by atoms with Crippen LogP contribution >= 0.6 is 0 Å². The first kappa shape index (κ1) is 12.7. The Morgan fingerprint density at radius 3 is 2.61 bits per heavy atom. The van der Waals surface area contributed by atoms with Gasteiger partial charge in [0.25, 0.3) is 0 Å². The fraction of sp³-hybridized carbons (Fsp3) is 0.364. The lowest BCUT2D eigenvalue weighted by molar-refractivity contribution is -0.138. The van der Waals surface area contributed by atoms with E-state index in [0.717, 1.165) is 6.07 Å². The van der Waals surface area contributed by atoms with Crippen molar-refractivity contribution in [2.24, 2.45) is 5.73 Å². The second kappa shape index (κ2) is 4.49. The van der Waals surface area contributed by atoms with Gasteiger partial charge in [-0.2, -0.15) is 13.2 Å². The molecule has 0 aliphatic carbocycles. The summed E-state index contributed by atoms with van der Waals surface area (Å²) in [4.78, 5) is 12.7. The van der Waals surface area contributed by atoms with Gasteiger partial charge in [0.1, 0.15) is 0 Å². The molecule has 7 heteroatoms. The molecule has 1 saturated heterocycles. The number of anilines is 1. The van der Waals surface area contributed by atoms with Crippen LogP contribution in [0.2, 0.25) is 0 Å². The van der Waals surface area contributed by atoms with E-state index >= 15 is 0 Å². The summed E-state index contributed by atoms with van der Waals surface area (Å²) in [6.07, 6.45) is -4.47. The van der Waals surface area contributed by atoms with Crippen LogP contribution in [-0.2, 0) is 12.7 Å². The smallest absolute Gasteiger partial charge is 0.336 e. The molecule has 0 unspecified atom stereocenters. The molecule has 0 spiro atoms. The van der Waals surface area contributed by atoms with Crippen LogP contribution in [0.15, 0.2) is 18.2 Å². The van der Waals surface area contributed by atoms with Crippen molar-refractivity contribution in [3.63, 3.8) is 0 Å². The maximum atomic E-state index is 12.8. The number of nitrogens with one attached hydrogen (secondary N) is 1. The number of hydrogen-bond donors (Lipinski definition) is 2. The SMILES string of the molecule is NCc1ccc(N2CCNC2=O)cc1C(F)(F)F. The van der Waals surface area contributed by atoms with Gasteiger partial charge in [-0.25, -0.2) is 4.79 Å². The number of nitrogens with two attached hydrogens (primary N) is 1. The number of benzene rings is 1. The Hall–Kier alpha value is -1.76. The van der Waals surface area contributed by atoms with E-state index in [1.807, 2.05) is 0 Å². The van der Waals surface area contributed by atoms with Crippen LogP contribution in [0.5, 0.6) is 0 Å². The predicted molar refractivity (Wildman–Crippen MR) is 60.1 cm³/mol. The normalized spacial score (nSPS) is 16.0. The summed E-state index contributed by atoms with van der Waals surface area (Å²) < 4.78 is 38.5. The summed E-state index contributed by atoms with van der Waals surface area (Å²) in [5.74, 6) is 0. The van der Waals surface area contributed by atoms with Crippen LogP contribution in [0, 0.1) is 0 Å². The highest BCUT2D eigenvalue weighted by Crippen LogP contribution is 2.34. The predicted octanol–water partition coefficient (Wildman–Crippen LogP) is 1.69. The van der Waals surface area contributed by atoms with Crippen molar-refractivity contribution in [1.29, 1.82) is 0 Å². The second-order valence-electron chi connectivity index (χ2n) is 3.93. The highest BCUT2D eigenvalue weighted by atomic mass is 19.4. The molecule has 3 N–H and O–H groups in total. The third-order valence-electron chi connectivity index (χ3n) is 2.79. The average molecular weight is 259 g/mol. The molecule has 0 radical (unpaired) electrons. The zero-order valence-corrected chi connectivity index (χ0v) is 9.42. The number of halogens is 3. The highest BCUT2D eigenvalue weighted by Gasteiger charge is 2.34. The van der Waals surface area contributed by atoms with Gasteiger partial charge in [0.05, 0.1) is 5.56 Å². The zero-order chi connectivity index (χ0) is 13.3. The quantitative estimate of drug-likeness (QED) is 0.849. The van der Waals surface area contributed by atoms with E-state index in [1.54, 1.807) is 0 Å². The van der Waals surface area contributed by atoms with Crippen molar-refractivity contribution in [3.8, 4) is 0 Å². The lowest BCUT2D eigenvalue weighted by Crippen LogP contribution is -2.28. The van der Waals surface area contributed by atoms with E-state index in [9.17, 15) is 18.0 Å². The van der Waals surface area contributed by atoms with Crippen LogP contribution < -0.4 is 16.0 Å². The van der Waals surface area contributed by atoms with Crippen molar-refractivity contribution in [1.82, 2.24) is 5.32 Å². The molecule has 0 aromatic heterocycles.